The van der Waals surface area contributed by atoms with Crippen molar-refractivity contribution < 1.29 is 18.8 Å². The minimum atomic E-state index is -0.717. The molecule has 1 fully saturated rings. The van der Waals surface area contributed by atoms with Gasteiger partial charge in [0, 0.05) is 23.4 Å². The average molecular weight is 558 g/mol. The summed E-state index contributed by atoms with van der Waals surface area (Å²) >= 11 is 1.43. The zero-order valence-electron chi connectivity index (χ0n) is 24.0. The molecular formula is C29H43N5O4S. The minimum absolute atomic E-state index is 0.181. The van der Waals surface area contributed by atoms with Crippen molar-refractivity contribution in [1.82, 2.24) is 25.7 Å². The lowest BCUT2D eigenvalue weighted by molar-refractivity contribution is -0.135. The number of aromatic nitrogens is 2. The summed E-state index contributed by atoms with van der Waals surface area (Å²) in [6.45, 7) is 8.98. The number of likely N-dealkylation sites (N-methyl/N-ethyl adjacent to an activating group) is 1. The van der Waals surface area contributed by atoms with Gasteiger partial charge in [-0.15, -0.1) is 10.2 Å². The lowest BCUT2D eigenvalue weighted by atomic mass is 9.83. The van der Waals surface area contributed by atoms with E-state index in [1.54, 1.807) is 0 Å². The quantitative estimate of drug-likeness (QED) is 0.368. The van der Waals surface area contributed by atoms with Crippen molar-refractivity contribution in [3.05, 3.63) is 41.3 Å². The summed E-state index contributed by atoms with van der Waals surface area (Å²) in [5.41, 5.74) is 1.73. The van der Waals surface area contributed by atoms with Crippen molar-refractivity contribution in [1.29, 1.82) is 0 Å². The van der Waals surface area contributed by atoms with Gasteiger partial charge in [0.1, 0.15) is 5.92 Å². The fourth-order valence-electron chi connectivity index (χ4n) is 4.75. The second-order valence-electron chi connectivity index (χ2n) is 11.3. The van der Waals surface area contributed by atoms with E-state index in [2.05, 4.69) is 25.7 Å². The van der Waals surface area contributed by atoms with Crippen LogP contribution in [0.25, 0.3) is 0 Å². The third kappa shape index (κ3) is 9.46. The van der Waals surface area contributed by atoms with Crippen LogP contribution in [0.2, 0.25) is 0 Å². The Labute approximate surface area is 236 Å². The van der Waals surface area contributed by atoms with Crippen LogP contribution in [0.3, 0.4) is 0 Å². The third-order valence-corrected chi connectivity index (χ3v) is 7.65. The van der Waals surface area contributed by atoms with Crippen LogP contribution in [0, 0.1) is 11.8 Å². The molecule has 0 radical (unpaired) electrons. The van der Waals surface area contributed by atoms with E-state index < -0.39 is 17.7 Å². The van der Waals surface area contributed by atoms with Crippen LogP contribution in [0.1, 0.15) is 87.5 Å². The molecule has 0 bridgehead atoms. The number of rotatable bonds is 12. The third-order valence-electron chi connectivity index (χ3n) is 6.81. The highest BCUT2D eigenvalue weighted by molar-refractivity contribution is 7.99. The number of thioether (sulfide) groups is 1. The Kier molecular flexibility index (Phi) is 11.5. The van der Waals surface area contributed by atoms with E-state index in [1.165, 1.54) is 17.3 Å². The van der Waals surface area contributed by atoms with E-state index in [9.17, 15) is 14.4 Å². The zero-order chi connectivity index (χ0) is 28.5. The summed E-state index contributed by atoms with van der Waals surface area (Å²) in [4.78, 5) is 41.8. The molecule has 214 valence electrons. The summed E-state index contributed by atoms with van der Waals surface area (Å²) in [6, 6.07) is 7.26. The topological polar surface area (TPSA) is 117 Å². The van der Waals surface area contributed by atoms with Crippen LogP contribution >= 0.6 is 11.8 Å². The van der Waals surface area contributed by atoms with Crippen LogP contribution in [0.4, 0.5) is 0 Å². The zero-order valence-corrected chi connectivity index (χ0v) is 24.8. The van der Waals surface area contributed by atoms with Crippen LogP contribution in [0.15, 0.2) is 33.9 Å². The van der Waals surface area contributed by atoms with Gasteiger partial charge in [0.2, 0.25) is 17.7 Å². The predicted molar refractivity (Wildman–Crippen MR) is 153 cm³/mol. The summed E-state index contributed by atoms with van der Waals surface area (Å²) < 4.78 is 5.77. The average Bonchev–Trinajstić information content (AvgIpc) is 3.33. The van der Waals surface area contributed by atoms with Crippen LogP contribution in [-0.4, -0.2) is 64.8 Å². The first-order valence-corrected chi connectivity index (χ1v) is 14.8. The van der Waals surface area contributed by atoms with Crippen molar-refractivity contribution in [3.63, 3.8) is 0 Å². The Morgan fingerprint density at radius 1 is 1.05 bits per heavy atom. The van der Waals surface area contributed by atoms with Crippen LogP contribution in [-0.2, 0) is 16.0 Å². The van der Waals surface area contributed by atoms with Crippen LogP contribution in [0.5, 0.6) is 0 Å². The Bertz CT molecular complexity index is 1100. The molecule has 3 rings (SSSR count). The van der Waals surface area contributed by atoms with Gasteiger partial charge in [-0.05, 0) is 63.4 Å². The first kappa shape index (κ1) is 30.8. The van der Waals surface area contributed by atoms with Crippen molar-refractivity contribution >= 4 is 29.5 Å². The first-order valence-electron chi connectivity index (χ1n) is 13.9. The summed E-state index contributed by atoms with van der Waals surface area (Å²) in [6.07, 6.45) is 4.47. The maximum atomic E-state index is 13.3. The van der Waals surface area contributed by atoms with Gasteiger partial charge in [-0.1, -0.05) is 64.4 Å². The molecule has 10 heteroatoms. The number of nitrogens with one attached hydrogen (secondary N) is 2. The molecule has 3 amide bonds. The van der Waals surface area contributed by atoms with Gasteiger partial charge in [0.05, 0.1) is 5.92 Å². The largest absolute Gasteiger partial charge is 0.415 e. The number of carbonyl (C=O) groups excluding carboxylic acids is 3. The normalized spacial score (nSPS) is 18.4. The Morgan fingerprint density at radius 3 is 2.38 bits per heavy atom. The lowest BCUT2D eigenvalue weighted by Gasteiger charge is -2.31. The molecule has 3 atom stereocenters. The Morgan fingerprint density at radius 2 is 1.74 bits per heavy atom. The smallest absolute Gasteiger partial charge is 0.276 e. The molecule has 1 unspecified atom stereocenters. The van der Waals surface area contributed by atoms with Gasteiger partial charge < -0.3 is 14.6 Å². The van der Waals surface area contributed by atoms with Gasteiger partial charge >= 0.3 is 0 Å². The number of benzene rings is 1. The molecular weight excluding hydrogens is 514 g/mol. The molecule has 1 aromatic carbocycles. The molecule has 2 aromatic rings. The number of hydrogen-bond donors (Lipinski definition) is 2. The number of imide groups is 1. The lowest BCUT2D eigenvalue weighted by Crippen LogP contribution is -2.50. The van der Waals surface area contributed by atoms with Gasteiger partial charge in [0.15, 0.2) is 0 Å². The highest BCUT2D eigenvalue weighted by Crippen LogP contribution is 2.29. The van der Waals surface area contributed by atoms with E-state index in [4.69, 9.17) is 4.42 Å². The molecule has 1 aromatic heterocycles. The molecule has 0 saturated heterocycles. The SMILES string of the molecule is CC(C)CC(C(=O)NC(=O)[C@@H]1CCCC[C@@H]1NC(=O)c1ccc(CCN(C)C)cc1)c1nnc(SC(C)C)o1. The van der Waals surface area contributed by atoms with E-state index >= 15 is 0 Å². The molecule has 1 aliphatic rings. The number of carbonyl (C=O) groups is 3. The maximum Gasteiger partial charge on any atom is 0.276 e. The maximum absolute atomic E-state index is 13.3. The van der Waals surface area contributed by atoms with Crippen LogP contribution < -0.4 is 10.6 Å². The van der Waals surface area contributed by atoms with E-state index in [0.717, 1.165) is 25.8 Å². The molecule has 9 nitrogen and oxygen atoms in total. The van der Waals surface area contributed by atoms with Gasteiger partial charge in [-0.3, -0.25) is 19.7 Å². The molecule has 2 N–H and O–H groups in total. The van der Waals surface area contributed by atoms with Gasteiger partial charge in [-0.25, -0.2) is 0 Å². The van der Waals surface area contributed by atoms with Crippen molar-refractivity contribution in [2.75, 3.05) is 20.6 Å². The number of amides is 3. The first-order chi connectivity index (χ1) is 18.5. The Hall–Kier alpha value is -2.72. The van der Waals surface area contributed by atoms with E-state index in [-0.39, 0.29) is 34.9 Å². The molecule has 0 aliphatic heterocycles. The van der Waals surface area contributed by atoms with Gasteiger partial charge in [0.25, 0.3) is 11.1 Å². The fourth-order valence-corrected chi connectivity index (χ4v) is 5.37. The summed E-state index contributed by atoms with van der Waals surface area (Å²) in [5.74, 6) is -1.81. The molecule has 0 spiro atoms. The molecule has 1 saturated carbocycles. The second-order valence-corrected chi connectivity index (χ2v) is 12.9. The van der Waals surface area contributed by atoms with Crippen molar-refractivity contribution in [3.8, 4) is 0 Å². The predicted octanol–water partition coefficient (Wildman–Crippen LogP) is 4.44. The van der Waals surface area contributed by atoms with Crippen molar-refractivity contribution in [2.45, 2.75) is 88.7 Å². The minimum Gasteiger partial charge on any atom is -0.415 e. The standard InChI is InChI=1S/C29H43N5O4S/c1-18(2)17-23(28-32-33-29(38-28)39-19(3)4)27(37)31-26(36)22-9-7-8-10-24(22)30-25(35)21-13-11-20(12-14-21)15-16-34(5)6/h11-14,18-19,22-24H,7-10,15-17H2,1-6H3,(H,30,35)(H,31,36,37)/t22-,23?,24+/m1/s1. The summed E-state index contributed by atoms with van der Waals surface area (Å²) in [7, 11) is 4.06. The number of nitrogens with zero attached hydrogens (tertiary/aromatic N) is 3. The Balaban J connectivity index is 1.65. The summed E-state index contributed by atoms with van der Waals surface area (Å²) in [5, 5.41) is 14.5. The highest BCUT2D eigenvalue weighted by Gasteiger charge is 2.35. The van der Waals surface area contributed by atoms with Crippen molar-refractivity contribution in [2.24, 2.45) is 11.8 Å². The monoisotopic (exact) mass is 557 g/mol. The fraction of sp³-hybridized carbons (Fsp3) is 0.621. The highest BCUT2D eigenvalue weighted by atomic mass is 32.2. The van der Waals surface area contributed by atoms with E-state index in [0.29, 0.717) is 30.0 Å². The van der Waals surface area contributed by atoms with E-state index in [1.807, 2.05) is 66.1 Å². The number of hydrogen-bond acceptors (Lipinski definition) is 8. The van der Waals surface area contributed by atoms with Gasteiger partial charge in [-0.2, -0.15) is 0 Å². The molecule has 1 aliphatic carbocycles. The molecule has 39 heavy (non-hydrogen) atoms. The molecule has 1 heterocycles. The second kappa shape index (κ2) is 14.6.